The third-order valence-corrected chi connectivity index (χ3v) is 6.34. The normalized spacial score (nSPS) is 20.5. The van der Waals surface area contributed by atoms with Crippen molar-refractivity contribution in [1.82, 2.24) is 15.2 Å². The number of amides is 1. The number of pyridine rings is 1. The van der Waals surface area contributed by atoms with Gasteiger partial charge in [0.1, 0.15) is 11.5 Å². The van der Waals surface area contributed by atoms with Crippen molar-refractivity contribution in [3.8, 4) is 11.5 Å². The molecule has 2 saturated heterocycles. The number of aromatic nitrogens is 1. The van der Waals surface area contributed by atoms with Gasteiger partial charge in [-0.15, -0.1) is 0 Å². The maximum Gasteiger partial charge on any atom is 0.252 e. The third-order valence-electron chi connectivity index (χ3n) is 6.34. The quantitative estimate of drug-likeness (QED) is 0.735. The number of rotatable bonds is 7. The molecule has 1 spiro atoms. The molecule has 0 aliphatic carbocycles. The lowest BCUT2D eigenvalue weighted by atomic mass is 9.88. The highest BCUT2D eigenvalue weighted by atomic mass is 16.5. The van der Waals surface area contributed by atoms with Gasteiger partial charge in [0.05, 0.1) is 31.5 Å². The number of methoxy groups -OCH3 is 2. The summed E-state index contributed by atoms with van der Waals surface area (Å²) < 4.78 is 17.2. The van der Waals surface area contributed by atoms with Crippen molar-refractivity contribution in [1.29, 1.82) is 0 Å². The molecule has 166 valence electrons. The number of ether oxygens (including phenoxy) is 3. The van der Waals surface area contributed by atoms with E-state index in [1.807, 2.05) is 6.07 Å². The van der Waals surface area contributed by atoms with Gasteiger partial charge >= 0.3 is 0 Å². The lowest BCUT2D eigenvalue weighted by Crippen LogP contribution is -2.44. The average molecular weight is 426 g/mol. The molecule has 2 aliphatic rings. The van der Waals surface area contributed by atoms with Gasteiger partial charge in [-0.25, -0.2) is 0 Å². The first-order chi connectivity index (χ1) is 15.1. The number of nitrogens with one attached hydrogen (secondary N) is 1. The van der Waals surface area contributed by atoms with Crippen LogP contribution in [0, 0.1) is 0 Å². The molecule has 7 heteroatoms. The Bertz CT molecular complexity index is 859. The van der Waals surface area contributed by atoms with Crippen LogP contribution in [0.2, 0.25) is 0 Å². The smallest absolute Gasteiger partial charge is 0.252 e. The van der Waals surface area contributed by atoms with E-state index >= 15 is 0 Å². The Morgan fingerprint density at radius 3 is 2.58 bits per heavy atom. The van der Waals surface area contributed by atoms with Crippen LogP contribution < -0.4 is 14.8 Å². The number of hydrogen-bond acceptors (Lipinski definition) is 6. The van der Waals surface area contributed by atoms with Gasteiger partial charge in [-0.3, -0.25) is 14.7 Å². The van der Waals surface area contributed by atoms with E-state index in [1.54, 1.807) is 38.7 Å². The average Bonchev–Trinajstić information content (AvgIpc) is 3.22. The van der Waals surface area contributed by atoms with Gasteiger partial charge < -0.3 is 19.5 Å². The summed E-state index contributed by atoms with van der Waals surface area (Å²) >= 11 is 0. The highest BCUT2D eigenvalue weighted by Gasteiger charge is 2.42. The molecule has 1 N–H and O–H groups in total. The maximum absolute atomic E-state index is 12.2. The lowest BCUT2D eigenvalue weighted by molar-refractivity contribution is -0.0764. The molecule has 0 bridgehead atoms. The fourth-order valence-corrected chi connectivity index (χ4v) is 4.55. The minimum Gasteiger partial charge on any atom is -0.497 e. The zero-order chi connectivity index (χ0) is 21.7. The molecule has 1 atom stereocenters. The van der Waals surface area contributed by atoms with E-state index in [4.69, 9.17) is 14.2 Å². The van der Waals surface area contributed by atoms with Gasteiger partial charge in [0.15, 0.2) is 0 Å². The van der Waals surface area contributed by atoms with Crippen LogP contribution in [-0.2, 0) is 11.3 Å². The first kappa shape index (κ1) is 21.6. The molecular weight excluding hydrogens is 394 g/mol. The number of nitrogens with zero attached hydrogens (tertiary/aromatic N) is 2. The molecule has 4 rings (SSSR count). The van der Waals surface area contributed by atoms with Crippen LogP contribution >= 0.6 is 0 Å². The molecule has 2 fully saturated rings. The Morgan fingerprint density at radius 2 is 1.94 bits per heavy atom. The molecule has 0 unspecified atom stereocenters. The molecule has 0 radical (unpaired) electrons. The van der Waals surface area contributed by atoms with Gasteiger partial charge in [0.25, 0.3) is 5.91 Å². The lowest BCUT2D eigenvalue weighted by Gasteiger charge is -2.39. The molecule has 31 heavy (non-hydrogen) atoms. The standard InChI is InChI=1S/C24H31N3O4/c1-29-21-12-18(13-22(14-21)30-2)17-27-10-7-24(8-11-27)6-5-20(31-24)16-26-23(28)19-4-3-9-25-15-19/h3-4,9,12-15,20H,5-8,10-11,16-17H2,1-2H3,(H,26,28)/t20-/m0/s1. The van der Waals surface area contributed by atoms with Crippen LogP contribution in [0.4, 0.5) is 0 Å². The number of benzene rings is 1. The Balaban J connectivity index is 1.25. The van der Waals surface area contributed by atoms with Gasteiger partial charge in [0.2, 0.25) is 0 Å². The molecule has 1 aromatic heterocycles. The first-order valence-corrected chi connectivity index (χ1v) is 10.9. The van der Waals surface area contributed by atoms with Crippen molar-refractivity contribution < 1.29 is 19.0 Å². The predicted molar refractivity (Wildman–Crippen MR) is 117 cm³/mol. The van der Waals surface area contributed by atoms with E-state index in [1.165, 1.54) is 5.56 Å². The van der Waals surface area contributed by atoms with Crippen molar-refractivity contribution in [2.24, 2.45) is 0 Å². The summed E-state index contributed by atoms with van der Waals surface area (Å²) in [5.74, 6) is 1.54. The number of piperidine rings is 1. The van der Waals surface area contributed by atoms with Crippen LogP contribution in [0.1, 0.15) is 41.6 Å². The van der Waals surface area contributed by atoms with Crippen LogP contribution in [0.15, 0.2) is 42.7 Å². The molecule has 1 aromatic carbocycles. The van der Waals surface area contributed by atoms with Crippen molar-refractivity contribution in [3.05, 3.63) is 53.9 Å². The van der Waals surface area contributed by atoms with Crippen molar-refractivity contribution in [3.63, 3.8) is 0 Å². The van der Waals surface area contributed by atoms with Crippen LogP contribution in [0.5, 0.6) is 11.5 Å². The summed E-state index contributed by atoms with van der Waals surface area (Å²) in [5, 5.41) is 2.99. The number of hydrogen-bond donors (Lipinski definition) is 1. The van der Waals surface area contributed by atoms with Crippen LogP contribution in [-0.4, -0.2) is 61.3 Å². The van der Waals surface area contributed by atoms with Gasteiger partial charge in [0, 0.05) is 44.6 Å². The molecule has 0 saturated carbocycles. The zero-order valence-electron chi connectivity index (χ0n) is 18.3. The number of carbonyl (C=O) groups is 1. The minimum absolute atomic E-state index is 0.0493. The third kappa shape index (κ3) is 5.35. The van der Waals surface area contributed by atoms with Gasteiger partial charge in [-0.2, -0.15) is 0 Å². The van der Waals surface area contributed by atoms with Crippen molar-refractivity contribution in [2.75, 3.05) is 33.9 Å². The minimum atomic E-state index is -0.0961. The second-order valence-electron chi connectivity index (χ2n) is 8.41. The summed E-state index contributed by atoms with van der Waals surface area (Å²) in [4.78, 5) is 18.7. The molecule has 7 nitrogen and oxygen atoms in total. The van der Waals surface area contributed by atoms with Crippen molar-refractivity contribution in [2.45, 2.75) is 43.9 Å². The second-order valence-corrected chi connectivity index (χ2v) is 8.41. The van der Waals surface area contributed by atoms with E-state index in [2.05, 4.69) is 27.3 Å². The van der Waals surface area contributed by atoms with E-state index in [0.29, 0.717) is 12.1 Å². The summed E-state index contributed by atoms with van der Waals surface area (Å²) in [6.07, 6.45) is 7.40. The Labute approximate surface area is 183 Å². The van der Waals surface area contributed by atoms with Crippen LogP contribution in [0.3, 0.4) is 0 Å². The summed E-state index contributed by atoms with van der Waals surface area (Å²) in [7, 11) is 3.35. The molecule has 3 heterocycles. The van der Waals surface area contributed by atoms with Gasteiger partial charge in [-0.1, -0.05) is 0 Å². The fraction of sp³-hybridized carbons (Fsp3) is 0.500. The fourth-order valence-electron chi connectivity index (χ4n) is 4.55. The molecule has 2 aromatic rings. The van der Waals surface area contributed by atoms with E-state index < -0.39 is 0 Å². The highest BCUT2D eigenvalue weighted by molar-refractivity contribution is 5.93. The van der Waals surface area contributed by atoms with Crippen LogP contribution in [0.25, 0.3) is 0 Å². The SMILES string of the molecule is COc1cc(CN2CCC3(CC[C@@H](CNC(=O)c4cccnc4)O3)CC2)cc(OC)c1. The predicted octanol–water partition coefficient (Wildman–Crippen LogP) is 3.04. The number of carbonyl (C=O) groups excluding carboxylic acids is 1. The monoisotopic (exact) mass is 425 g/mol. The summed E-state index contributed by atoms with van der Waals surface area (Å²) in [6, 6.07) is 9.58. The highest BCUT2D eigenvalue weighted by Crippen LogP contribution is 2.39. The summed E-state index contributed by atoms with van der Waals surface area (Å²) in [5.41, 5.74) is 1.72. The van der Waals surface area contributed by atoms with Gasteiger partial charge in [-0.05, 0) is 55.5 Å². The molecule has 2 aliphatic heterocycles. The maximum atomic E-state index is 12.2. The van der Waals surface area contributed by atoms with E-state index in [-0.39, 0.29) is 17.6 Å². The Hall–Kier alpha value is -2.64. The van der Waals surface area contributed by atoms with E-state index in [9.17, 15) is 4.79 Å². The van der Waals surface area contributed by atoms with E-state index in [0.717, 1.165) is 56.8 Å². The number of likely N-dealkylation sites (tertiary alicyclic amines) is 1. The molecule has 1 amide bonds. The zero-order valence-corrected chi connectivity index (χ0v) is 18.3. The second kappa shape index (κ2) is 9.66. The Kier molecular flexibility index (Phi) is 6.73. The largest absolute Gasteiger partial charge is 0.497 e. The topological polar surface area (TPSA) is 72.9 Å². The van der Waals surface area contributed by atoms with Crippen molar-refractivity contribution >= 4 is 5.91 Å². The Morgan fingerprint density at radius 1 is 1.19 bits per heavy atom. The molecular formula is C24H31N3O4. The summed E-state index contributed by atoms with van der Waals surface area (Å²) in [6.45, 7) is 3.40. The first-order valence-electron chi connectivity index (χ1n) is 10.9.